The van der Waals surface area contributed by atoms with Gasteiger partial charge in [0, 0.05) is 18.2 Å². The Labute approximate surface area is 79.2 Å². The molecule has 0 spiro atoms. The molecular formula is C12H15N. The van der Waals surface area contributed by atoms with E-state index in [0.29, 0.717) is 5.92 Å². The van der Waals surface area contributed by atoms with Crippen LogP contribution in [0.3, 0.4) is 0 Å². The Bertz CT molecular complexity index is 339. The van der Waals surface area contributed by atoms with E-state index in [1.54, 1.807) is 5.56 Å². The highest BCUT2D eigenvalue weighted by Crippen LogP contribution is 2.42. The van der Waals surface area contributed by atoms with Crippen molar-refractivity contribution in [2.24, 2.45) is 0 Å². The van der Waals surface area contributed by atoms with Crippen LogP contribution < -0.4 is 5.32 Å². The van der Waals surface area contributed by atoms with Crippen molar-refractivity contribution >= 4 is 5.69 Å². The van der Waals surface area contributed by atoms with E-state index in [1.165, 1.54) is 24.1 Å². The summed E-state index contributed by atoms with van der Waals surface area (Å²) in [6.45, 7) is 3.40. The van der Waals surface area contributed by atoms with Crippen molar-refractivity contribution in [2.75, 3.05) is 11.9 Å². The molecule has 1 aromatic carbocycles. The smallest absolute Gasteiger partial charge is 0.0379 e. The Kier molecular flexibility index (Phi) is 1.43. The molecule has 1 unspecified atom stereocenters. The molecule has 0 saturated heterocycles. The van der Waals surface area contributed by atoms with Crippen LogP contribution >= 0.6 is 0 Å². The van der Waals surface area contributed by atoms with Crippen LogP contribution in [0.2, 0.25) is 0 Å². The highest BCUT2D eigenvalue weighted by molar-refractivity contribution is 5.59. The highest BCUT2D eigenvalue weighted by atomic mass is 14.9. The van der Waals surface area contributed by atoms with Gasteiger partial charge in [-0.15, -0.1) is 0 Å². The maximum atomic E-state index is 3.47. The lowest BCUT2D eigenvalue weighted by Crippen LogP contribution is -1.95. The first-order valence-electron chi connectivity index (χ1n) is 5.22. The lowest BCUT2D eigenvalue weighted by Gasteiger charge is -2.04. The van der Waals surface area contributed by atoms with Gasteiger partial charge >= 0.3 is 0 Å². The molecule has 0 amide bonds. The molecule has 1 atom stereocenters. The number of fused-ring (bicyclic) bond motifs is 1. The van der Waals surface area contributed by atoms with Crippen molar-refractivity contribution in [3.63, 3.8) is 0 Å². The molecule has 68 valence electrons. The van der Waals surface area contributed by atoms with E-state index in [0.717, 1.165) is 12.5 Å². The van der Waals surface area contributed by atoms with E-state index < -0.39 is 0 Å². The topological polar surface area (TPSA) is 12.0 Å². The van der Waals surface area contributed by atoms with E-state index in [-0.39, 0.29) is 0 Å². The number of hydrogen-bond donors (Lipinski definition) is 1. The maximum Gasteiger partial charge on any atom is 0.0379 e. The Morgan fingerprint density at radius 1 is 1.31 bits per heavy atom. The van der Waals surface area contributed by atoms with Gasteiger partial charge in [-0.1, -0.05) is 19.1 Å². The van der Waals surface area contributed by atoms with Crippen molar-refractivity contribution in [3.05, 3.63) is 29.3 Å². The molecule has 0 aromatic heterocycles. The van der Waals surface area contributed by atoms with E-state index in [1.807, 2.05) is 0 Å². The van der Waals surface area contributed by atoms with Crippen molar-refractivity contribution in [1.82, 2.24) is 0 Å². The molecule has 1 fully saturated rings. The molecule has 1 aliphatic heterocycles. The first-order valence-corrected chi connectivity index (χ1v) is 5.22. The molecule has 1 aromatic rings. The first kappa shape index (κ1) is 7.43. The van der Waals surface area contributed by atoms with Gasteiger partial charge in [-0.25, -0.2) is 0 Å². The summed E-state index contributed by atoms with van der Waals surface area (Å²) < 4.78 is 0. The van der Waals surface area contributed by atoms with Crippen LogP contribution in [-0.4, -0.2) is 6.54 Å². The monoisotopic (exact) mass is 173 g/mol. The Morgan fingerprint density at radius 2 is 2.15 bits per heavy atom. The summed E-state index contributed by atoms with van der Waals surface area (Å²) in [5.41, 5.74) is 4.43. The van der Waals surface area contributed by atoms with Gasteiger partial charge in [0.05, 0.1) is 0 Å². The number of rotatable bonds is 1. The van der Waals surface area contributed by atoms with Gasteiger partial charge in [-0.05, 0) is 36.0 Å². The SMILES string of the molecule is CC1CNc2cc(C3CC3)ccc21. The van der Waals surface area contributed by atoms with Crippen molar-refractivity contribution in [2.45, 2.75) is 31.6 Å². The second kappa shape index (κ2) is 2.50. The molecule has 1 saturated carbocycles. The minimum absolute atomic E-state index is 0.697. The Morgan fingerprint density at radius 3 is 2.92 bits per heavy atom. The molecule has 13 heavy (non-hydrogen) atoms. The summed E-state index contributed by atoms with van der Waals surface area (Å²) in [6.07, 6.45) is 2.79. The molecule has 1 nitrogen and oxygen atoms in total. The third kappa shape index (κ3) is 1.14. The standard InChI is InChI=1S/C12H15N/c1-8-7-13-12-6-10(9-2-3-9)4-5-11(8)12/h4-6,8-9,13H,2-3,7H2,1H3. The fourth-order valence-corrected chi connectivity index (χ4v) is 2.20. The van der Waals surface area contributed by atoms with Crippen molar-refractivity contribution in [1.29, 1.82) is 0 Å². The van der Waals surface area contributed by atoms with Gasteiger partial charge in [0.1, 0.15) is 0 Å². The minimum atomic E-state index is 0.697. The van der Waals surface area contributed by atoms with Crippen LogP contribution in [-0.2, 0) is 0 Å². The largest absolute Gasteiger partial charge is 0.384 e. The molecule has 1 N–H and O–H groups in total. The van der Waals surface area contributed by atoms with Crippen LogP contribution in [0.1, 0.15) is 42.7 Å². The highest BCUT2D eigenvalue weighted by Gasteiger charge is 2.25. The van der Waals surface area contributed by atoms with Gasteiger partial charge in [0.2, 0.25) is 0 Å². The predicted molar refractivity (Wildman–Crippen MR) is 55.3 cm³/mol. The molecule has 1 aliphatic carbocycles. The molecule has 1 heteroatoms. The van der Waals surface area contributed by atoms with Gasteiger partial charge in [0.25, 0.3) is 0 Å². The van der Waals surface area contributed by atoms with Gasteiger partial charge < -0.3 is 5.32 Å². The molecule has 2 aliphatic rings. The number of hydrogen-bond acceptors (Lipinski definition) is 1. The number of anilines is 1. The zero-order valence-electron chi connectivity index (χ0n) is 8.01. The first-order chi connectivity index (χ1) is 6.34. The zero-order valence-corrected chi connectivity index (χ0v) is 8.01. The zero-order chi connectivity index (χ0) is 8.84. The number of nitrogens with one attached hydrogen (secondary N) is 1. The molecular weight excluding hydrogens is 158 g/mol. The second-order valence-electron chi connectivity index (χ2n) is 4.40. The van der Waals surface area contributed by atoms with Crippen molar-refractivity contribution in [3.8, 4) is 0 Å². The Hall–Kier alpha value is -0.980. The lowest BCUT2D eigenvalue weighted by atomic mass is 10.0. The quantitative estimate of drug-likeness (QED) is 0.688. The van der Waals surface area contributed by atoms with Crippen molar-refractivity contribution < 1.29 is 0 Å². The third-order valence-corrected chi connectivity index (χ3v) is 3.26. The van der Waals surface area contributed by atoms with Crippen LogP contribution in [0.15, 0.2) is 18.2 Å². The normalized spacial score (nSPS) is 25.5. The fourth-order valence-electron chi connectivity index (χ4n) is 2.20. The summed E-state index contributed by atoms with van der Waals surface area (Å²) in [6, 6.07) is 6.99. The average molecular weight is 173 g/mol. The van der Waals surface area contributed by atoms with Crippen LogP contribution in [0.5, 0.6) is 0 Å². The van der Waals surface area contributed by atoms with Gasteiger partial charge in [-0.3, -0.25) is 0 Å². The van der Waals surface area contributed by atoms with E-state index in [4.69, 9.17) is 0 Å². The van der Waals surface area contributed by atoms with E-state index in [9.17, 15) is 0 Å². The molecule has 1 heterocycles. The summed E-state index contributed by atoms with van der Waals surface area (Å²) in [4.78, 5) is 0. The number of benzene rings is 1. The fraction of sp³-hybridized carbons (Fsp3) is 0.500. The lowest BCUT2D eigenvalue weighted by molar-refractivity contribution is 0.854. The summed E-state index contributed by atoms with van der Waals surface area (Å²) in [5, 5.41) is 3.47. The van der Waals surface area contributed by atoms with E-state index >= 15 is 0 Å². The summed E-state index contributed by atoms with van der Waals surface area (Å²) >= 11 is 0. The van der Waals surface area contributed by atoms with Gasteiger partial charge in [-0.2, -0.15) is 0 Å². The van der Waals surface area contributed by atoms with Crippen LogP contribution in [0, 0.1) is 0 Å². The summed E-state index contributed by atoms with van der Waals surface area (Å²) in [5.74, 6) is 1.58. The Balaban J connectivity index is 2.02. The third-order valence-electron chi connectivity index (χ3n) is 3.26. The summed E-state index contributed by atoms with van der Waals surface area (Å²) in [7, 11) is 0. The predicted octanol–water partition coefficient (Wildman–Crippen LogP) is 3.09. The van der Waals surface area contributed by atoms with Crippen LogP contribution in [0.25, 0.3) is 0 Å². The molecule has 3 rings (SSSR count). The second-order valence-corrected chi connectivity index (χ2v) is 4.40. The molecule has 0 radical (unpaired) electrons. The maximum absolute atomic E-state index is 3.47. The molecule has 0 bridgehead atoms. The average Bonchev–Trinajstić information content (AvgIpc) is 2.93. The van der Waals surface area contributed by atoms with E-state index in [2.05, 4.69) is 30.4 Å². The minimum Gasteiger partial charge on any atom is -0.384 e. The van der Waals surface area contributed by atoms with Crippen LogP contribution in [0.4, 0.5) is 5.69 Å². The van der Waals surface area contributed by atoms with Gasteiger partial charge in [0.15, 0.2) is 0 Å².